The van der Waals surface area contributed by atoms with Gasteiger partial charge in [0.25, 0.3) is 0 Å². The van der Waals surface area contributed by atoms with Gasteiger partial charge in [-0.2, -0.15) is 10.1 Å². The summed E-state index contributed by atoms with van der Waals surface area (Å²) < 4.78 is 0. The zero-order valence-corrected chi connectivity index (χ0v) is 13.4. The molecule has 0 spiro atoms. The molecular weight excluding hydrogens is 298 g/mol. The van der Waals surface area contributed by atoms with E-state index < -0.39 is 0 Å². The lowest BCUT2D eigenvalue weighted by molar-refractivity contribution is 0.714. The number of aromatic nitrogens is 3. The zero-order valence-electron chi connectivity index (χ0n) is 13.4. The van der Waals surface area contributed by atoms with Crippen molar-refractivity contribution in [3.63, 3.8) is 0 Å². The molecule has 1 aliphatic rings. The number of anilines is 2. The average Bonchev–Trinajstić information content (AvgIpc) is 2.67. The lowest BCUT2D eigenvalue weighted by Crippen LogP contribution is -2.31. The molecule has 24 heavy (non-hydrogen) atoms. The van der Waals surface area contributed by atoms with E-state index in [1.165, 1.54) is 16.7 Å². The number of hydrogen-bond acceptors (Lipinski definition) is 5. The fraction of sp³-hybridized carbons (Fsp3) is 0.211. The van der Waals surface area contributed by atoms with Crippen LogP contribution >= 0.6 is 0 Å². The van der Waals surface area contributed by atoms with Crippen LogP contribution in [0, 0.1) is 0 Å². The van der Waals surface area contributed by atoms with Gasteiger partial charge in [0.05, 0.1) is 6.20 Å². The van der Waals surface area contributed by atoms with Crippen LogP contribution in [-0.4, -0.2) is 21.7 Å². The van der Waals surface area contributed by atoms with Gasteiger partial charge in [-0.1, -0.05) is 54.6 Å². The fourth-order valence-electron chi connectivity index (χ4n) is 2.99. The highest BCUT2D eigenvalue weighted by atomic mass is 15.3. The number of nitrogens with zero attached hydrogens (tertiary/aromatic N) is 4. The summed E-state index contributed by atoms with van der Waals surface area (Å²) in [7, 11) is 0. The highest BCUT2D eigenvalue weighted by Crippen LogP contribution is 2.22. The van der Waals surface area contributed by atoms with Crippen molar-refractivity contribution in [3.8, 4) is 0 Å². The summed E-state index contributed by atoms with van der Waals surface area (Å²) in [6, 6.07) is 18.8. The normalized spacial score (nSPS) is 13.4. The monoisotopic (exact) mass is 317 g/mol. The van der Waals surface area contributed by atoms with Gasteiger partial charge in [-0.05, 0) is 23.1 Å². The van der Waals surface area contributed by atoms with E-state index in [1.807, 2.05) is 18.2 Å². The van der Waals surface area contributed by atoms with Crippen molar-refractivity contribution in [3.05, 3.63) is 77.5 Å². The van der Waals surface area contributed by atoms with Gasteiger partial charge < -0.3 is 10.2 Å². The molecule has 3 aromatic rings. The second-order valence-electron chi connectivity index (χ2n) is 5.92. The van der Waals surface area contributed by atoms with Crippen LogP contribution in [0.3, 0.4) is 0 Å². The maximum Gasteiger partial charge on any atom is 0.244 e. The quantitative estimate of drug-likeness (QED) is 0.801. The summed E-state index contributed by atoms with van der Waals surface area (Å²) in [4.78, 5) is 6.88. The maximum atomic E-state index is 4.63. The molecule has 1 N–H and O–H groups in total. The van der Waals surface area contributed by atoms with Gasteiger partial charge in [0.1, 0.15) is 0 Å². The minimum Gasteiger partial charge on any atom is -0.350 e. The zero-order chi connectivity index (χ0) is 16.2. The van der Waals surface area contributed by atoms with Crippen LogP contribution in [0.1, 0.15) is 16.7 Å². The van der Waals surface area contributed by atoms with Crippen molar-refractivity contribution < 1.29 is 0 Å². The van der Waals surface area contributed by atoms with Gasteiger partial charge in [-0.25, -0.2) is 0 Å². The molecule has 2 heterocycles. The summed E-state index contributed by atoms with van der Waals surface area (Å²) in [5.41, 5.74) is 3.98. The third-order valence-electron chi connectivity index (χ3n) is 4.29. The standard InChI is InChI=1S/C19H19N5/c1-2-6-15(7-3-1)12-20-19-22-18(13-21-23-19)24-11-10-16-8-4-5-9-17(16)14-24/h1-9,13H,10-12,14H2,(H,20,22,23). The molecule has 5 heteroatoms. The van der Waals surface area contributed by atoms with Gasteiger partial charge in [0, 0.05) is 19.6 Å². The molecule has 0 unspecified atom stereocenters. The van der Waals surface area contributed by atoms with Crippen LogP contribution in [-0.2, 0) is 19.5 Å². The number of fused-ring (bicyclic) bond motifs is 1. The summed E-state index contributed by atoms with van der Waals surface area (Å²) in [5, 5.41) is 11.5. The molecule has 120 valence electrons. The molecule has 0 saturated heterocycles. The molecule has 1 aliphatic heterocycles. The van der Waals surface area contributed by atoms with E-state index in [1.54, 1.807) is 6.20 Å². The Hall–Kier alpha value is -2.95. The molecule has 2 aromatic carbocycles. The molecule has 0 bridgehead atoms. The van der Waals surface area contributed by atoms with E-state index in [9.17, 15) is 0 Å². The molecular formula is C19H19N5. The SMILES string of the molecule is c1ccc(CNc2nncc(N3CCc4ccccc4C3)n2)cc1. The van der Waals surface area contributed by atoms with E-state index in [-0.39, 0.29) is 0 Å². The van der Waals surface area contributed by atoms with E-state index in [0.29, 0.717) is 12.5 Å². The predicted octanol–water partition coefficient (Wildman–Crippen LogP) is 3.05. The Balaban J connectivity index is 1.47. The number of benzene rings is 2. The van der Waals surface area contributed by atoms with E-state index in [0.717, 1.165) is 25.3 Å². The van der Waals surface area contributed by atoms with Gasteiger partial charge in [0.2, 0.25) is 5.95 Å². The van der Waals surface area contributed by atoms with Crippen molar-refractivity contribution in [2.75, 3.05) is 16.8 Å². The third-order valence-corrected chi connectivity index (χ3v) is 4.29. The van der Waals surface area contributed by atoms with Crippen molar-refractivity contribution >= 4 is 11.8 Å². The first kappa shape index (κ1) is 14.6. The van der Waals surface area contributed by atoms with E-state index in [4.69, 9.17) is 0 Å². The van der Waals surface area contributed by atoms with Crippen LogP contribution < -0.4 is 10.2 Å². The van der Waals surface area contributed by atoms with E-state index in [2.05, 4.69) is 61.8 Å². The average molecular weight is 317 g/mol. The Morgan fingerprint density at radius 2 is 1.75 bits per heavy atom. The number of rotatable bonds is 4. The van der Waals surface area contributed by atoms with Gasteiger partial charge in [0.15, 0.2) is 5.82 Å². The summed E-state index contributed by atoms with van der Waals surface area (Å²) in [6.45, 7) is 2.51. The van der Waals surface area contributed by atoms with Gasteiger partial charge in [-0.15, -0.1) is 5.10 Å². The van der Waals surface area contributed by atoms with Crippen LogP contribution in [0.15, 0.2) is 60.8 Å². The Labute approximate surface area is 141 Å². The lowest BCUT2D eigenvalue weighted by atomic mass is 10.0. The summed E-state index contributed by atoms with van der Waals surface area (Å²) >= 11 is 0. The van der Waals surface area contributed by atoms with Gasteiger partial charge in [-0.3, -0.25) is 0 Å². The highest BCUT2D eigenvalue weighted by molar-refractivity contribution is 5.45. The van der Waals surface area contributed by atoms with Crippen molar-refractivity contribution in [1.82, 2.24) is 15.2 Å². The second-order valence-corrected chi connectivity index (χ2v) is 5.92. The molecule has 0 saturated carbocycles. The number of nitrogens with one attached hydrogen (secondary N) is 1. The Morgan fingerprint density at radius 1 is 0.958 bits per heavy atom. The van der Waals surface area contributed by atoms with Crippen molar-refractivity contribution in [2.45, 2.75) is 19.5 Å². The van der Waals surface area contributed by atoms with Crippen LogP contribution in [0.25, 0.3) is 0 Å². The van der Waals surface area contributed by atoms with Crippen LogP contribution in [0.4, 0.5) is 11.8 Å². The molecule has 0 radical (unpaired) electrons. The third kappa shape index (κ3) is 3.20. The van der Waals surface area contributed by atoms with Crippen LogP contribution in [0.5, 0.6) is 0 Å². The fourth-order valence-corrected chi connectivity index (χ4v) is 2.99. The van der Waals surface area contributed by atoms with Gasteiger partial charge >= 0.3 is 0 Å². The van der Waals surface area contributed by atoms with Crippen molar-refractivity contribution in [2.24, 2.45) is 0 Å². The molecule has 4 rings (SSSR count). The summed E-state index contributed by atoms with van der Waals surface area (Å²) in [6.07, 6.45) is 2.77. The molecule has 0 amide bonds. The summed E-state index contributed by atoms with van der Waals surface area (Å²) in [5.74, 6) is 1.44. The molecule has 0 fully saturated rings. The molecule has 5 nitrogen and oxygen atoms in total. The molecule has 0 aliphatic carbocycles. The molecule has 0 atom stereocenters. The second kappa shape index (κ2) is 6.66. The van der Waals surface area contributed by atoms with E-state index >= 15 is 0 Å². The minimum absolute atomic E-state index is 0.565. The first-order valence-electron chi connectivity index (χ1n) is 8.18. The highest BCUT2D eigenvalue weighted by Gasteiger charge is 2.17. The minimum atomic E-state index is 0.565. The first-order chi connectivity index (χ1) is 11.9. The Morgan fingerprint density at radius 3 is 2.62 bits per heavy atom. The number of hydrogen-bond donors (Lipinski definition) is 1. The first-order valence-corrected chi connectivity index (χ1v) is 8.18. The molecule has 1 aromatic heterocycles. The topological polar surface area (TPSA) is 53.9 Å². The lowest BCUT2D eigenvalue weighted by Gasteiger charge is -2.29. The predicted molar refractivity (Wildman–Crippen MR) is 94.8 cm³/mol. The smallest absolute Gasteiger partial charge is 0.244 e. The maximum absolute atomic E-state index is 4.63. The van der Waals surface area contributed by atoms with Crippen molar-refractivity contribution in [1.29, 1.82) is 0 Å². The Kier molecular flexibility index (Phi) is 4.06. The largest absolute Gasteiger partial charge is 0.350 e. The van der Waals surface area contributed by atoms with Crippen LogP contribution in [0.2, 0.25) is 0 Å². The Bertz CT molecular complexity index is 819.